The number of piperidine rings is 1. The van der Waals surface area contributed by atoms with Crippen LogP contribution < -0.4 is 10.2 Å². The molecule has 1 unspecified atom stereocenters. The Morgan fingerprint density at radius 2 is 1.86 bits per heavy atom. The molecule has 0 aromatic heterocycles. The molecule has 21 heavy (non-hydrogen) atoms. The molecule has 1 heterocycles. The lowest BCUT2D eigenvalue weighted by Gasteiger charge is -2.29. The van der Waals surface area contributed by atoms with E-state index in [1.165, 1.54) is 61.5 Å². The average Bonchev–Trinajstić information content (AvgIpc) is 2.54. The molecule has 1 atom stereocenters. The second-order valence-electron chi connectivity index (χ2n) is 5.98. The standard InChI is InChI=1S/C18H30N2S/c1-3-21-14-11-16(2)19-15-17-7-9-18(10-8-17)20-12-5-4-6-13-20/h7-10,16,19H,3-6,11-15H2,1-2H3. The van der Waals surface area contributed by atoms with E-state index in [4.69, 9.17) is 0 Å². The van der Waals surface area contributed by atoms with Crippen LogP contribution in [0.4, 0.5) is 5.69 Å². The predicted molar refractivity (Wildman–Crippen MR) is 96.4 cm³/mol. The van der Waals surface area contributed by atoms with Crippen LogP contribution >= 0.6 is 11.8 Å². The Morgan fingerprint density at radius 1 is 1.14 bits per heavy atom. The van der Waals surface area contributed by atoms with E-state index in [1.807, 2.05) is 11.8 Å². The van der Waals surface area contributed by atoms with Crippen molar-refractivity contribution in [3.8, 4) is 0 Å². The van der Waals surface area contributed by atoms with Crippen molar-refractivity contribution in [1.29, 1.82) is 0 Å². The summed E-state index contributed by atoms with van der Waals surface area (Å²) in [5, 5.41) is 3.63. The molecule has 0 bridgehead atoms. The summed E-state index contributed by atoms with van der Waals surface area (Å²) in [6.45, 7) is 7.96. The zero-order valence-corrected chi connectivity index (χ0v) is 14.4. The van der Waals surface area contributed by atoms with Gasteiger partial charge in [-0.1, -0.05) is 19.1 Å². The molecule has 0 saturated carbocycles. The normalized spacial score (nSPS) is 17.0. The average molecular weight is 307 g/mol. The SMILES string of the molecule is CCSCCC(C)NCc1ccc(N2CCCCC2)cc1. The van der Waals surface area contributed by atoms with E-state index in [-0.39, 0.29) is 0 Å². The molecule has 2 rings (SSSR count). The highest BCUT2D eigenvalue weighted by Gasteiger charge is 2.10. The molecule has 1 fully saturated rings. The molecule has 1 aliphatic rings. The minimum absolute atomic E-state index is 0.603. The molecule has 1 saturated heterocycles. The fourth-order valence-corrected chi connectivity index (χ4v) is 3.58. The monoisotopic (exact) mass is 306 g/mol. The molecular formula is C18H30N2S. The summed E-state index contributed by atoms with van der Waals surface area (Å²) in [6, 6.07) is 9.75. The number of nitrogens with one attached hydrogen (secondary N) is 1. The number of hydrogen-bond acceptors (Lipinski definition) is 3. The van der Waals surface area contributed by atoms with Gasteiger partial charge >= 0.3 is 0 Å². The van der Waals surface area contributed by atoms with Crippen LogP contribution in [0.15, 0.2) is 24.3 Å². The van der Waals surface area contributed by atoms with Crippen molar-refractivity contribution < 1.29 is 0 Å². The van der Waals surface area contributed by atoms with Crippen molar-refractivity contribution >= 4 is 17.4 Å². The van der Waals surface area contributed by atoms with Crippen LogP contribution in [0.25, 0.3) is 0 Å². The third-order valence-corrected chi connectivity index (χ3v) is 5.14. The van der Waals surface area contributed by atoms with Gasteiger partial charge in [0.05, 0.1) is 0 Å². The van der Waals surface area contributed by atoms with E-state index in [0.29, 0.717) is 6.04 Å². The number of nitrogens with zero attached hydrogens (tertiary/aromatic N) is 1. The predicted octanol–water partition coefficient (Wildman–Crippen LogP) is 4.30. The van der Waals surface area contributed by atoms with Crippen molar-refractivity contribution in [2.75, 3.05) is 29.5 Å². The smallest absolute Gasteiger partial charge is 0.0366 e. The first-order valence-electron chi connectivity index (χ1n) is 8.44. The van der Waals surface area contributed by atoms with Gasteiger partial charge in [0.2, 0.25) is 0 Å². The van der Waals surface area contributed by atoms with Gasteiger partial charge in [0, 0.05) is 31.4 Å². The fraction of sp³-hybridized carbons (Fsp3) is 0.667. The summed E-state index contributed by atoms with van der Waals surface area (Å²) in [6.07, 6.45) is 5.34. The Kier molecular flexibility index (Phi) is 7.45. The Labute approximate surface area is 134 Å². The minimum atomic E-state index is 0.603. The molecule has 2 nitrogen and oxygen atoms in total. The molecule has 1 aliphatic heterocycles. The van der Waals surface area contributed by atoms with Crippen molar-refractivity contribution in [2.24, 2.45) is 0 Å². The van der Waals surface area contributed by atoms with Crippen LogP contribution in [-0.4, -0.2) is 30.6 Å². The zero-order chi connectivity index (χ0) is 14.9. The second-order valence-corrected chi connectivity index (χ2v) is 7.38. The minimum Gasteiger partial charge on any atom is -0.372 e. The fourth-order valence-electron chi connectivity index (χ4n) is 2.78. The second kappa shape index (κ2) is 9.37. The highest BCUT2D eigenvalue weighted by atomic mass is 32.2. The quantitative estimate of drug-likeness (QED) is 0.721. The van der Waals surface area contributed by atoms with Gasteiger partial charge in [-0.2, -0.15) is 11.8 Å². The van der Waals surface area contributed by atoms with E-state index < -0.39 is 0 Å². The Morgan fingerprint density at radius 3 is 2.52 bits per heavy atom. The summed E-state index contributed by atoms with van der Waals surface area (Å²) < 4.78 is 0. The van der Waals surface area contributed by atoms with Crippen molar-refractivity contribution in [1.82, 2.24) is 5.32 Å². The molecule has 0 aliphatic carbocycles. The van der Waals surface area contributed by atoms with Gasteiger partial charge in [-0.3, -0.25) is 0 Å². The molecule has 3 heteroatoms. The summed E-state index contributed by atoms with van der Waals surface area (Å²) in [4.78, 5) is 2.52. The van der Waals surface area contributed by atoms with Gasteiger partial charge in [-0.05, 0) is 61.8 Å². The largest absolute Gasteiger partial charge is 0.372 e. The van der Waals surface area contributed by atoms with Gasteiger partial charge in [0.15, 0.2) is 0 Å². The number of thioether (sulfide) groups is 1. The molecule has 1 aromatic rings. The van der Waals surface area contributed by atoms with E-state index in [0.717, 1.165) is 6.54 Å². The van der Waals surface area contributed by atoms with Crippen LogP contribution in [0.3, 0.4) is 0 Å². The number of anilines is 1. The van der Waals surface area contributed by atoms with Gasteiger partial charge in [-0.15, -0.1) is 0 Å². The topological polar surface area (TPSA) is 15.3 Å². The highest BCUT2D eigenvalue weighted by molar-refractivity contribution is 7.99. The lowest BCUT2D eigenvalue weighted by atomic mass is 10.1. The first-order valence-corrected chi connectivity index (χ1v) is 9.60. The summed E-state index contributed by atoms with van der Waals surface area (Å²) in [5.41, 5.74) is 2.79. The molecule has 0 amide bonds. The summed E-state index contributed by atoms with van der Waals surface area (Å²) >= 11 is 2.03. The van der Waals surface area contributed by atoms with Crippen LogP contribution in [0.1, 0.15) is 45.1 Å². The maximum atomic E-state index is 3.63. The van der Waals surface area contributed by atoms with Gasteiger partial charge < -0.3 is 10.2 Å². The first-order chi connectivity index (χ1) is 10.3. The molecule has 1 N–H and O–H groups in total. The van der Waals surface area contributed by atoms with E-state index in [2.05, 4.69) is 48.3 Å². The lowest BCUT2D eigenvalue weighted by molar-refractivity contribution is 0.537. The molecule has 1 aromatic carbocycles. The molecule has 118 valence electrons. The van der Waals surface area contributed by atoms with Crippen molar-refractivity contribution in [3.63, 3.8) is 0 Å². The number of benzene rings is 1. The Bertz CT molecular complexity index is 385. The Hall–Kier alpha value is -0.670. The van der Waals surface area contributed by atoms with Crippen LogP contribution in [0.2, 0.25) is 0 Å². The number of hydrogen-bond donors (Lipinski definition) is 1. The van der Waals surface area contributed by atoms with Gasteiger partial charge in [0.1, 0.15) is 0 Å². The maximum absolute atomic E-state index is 3.63. The van der Waals surface area contributed by atoms with E-state index in [9.17, 15) is 0 Å². The highest BCUT2D eigenvalue weighted by Crippen LogP contribution is 2.20. The summed E-state index contributed by atoms with van der Waals surface area (Å²) in [7, 11) is 0. The van der Waals surface area contributed by atoms with Crippen molar-refractivity contribution in [3.05, 3.63) is 29.8 Å². The third-order valence-electron chi connectivity index (χ3n) is 4.21. The van der Waals surface area contributed by atoms with Gasteiger partial charge in [0.25, 0.3) is 0 Å². The maximum Gasteiger partial charge on any atom is 0.0366 e. The van der Waals surface area contributed by atoms with Crippen LogP contribution in [0, 0.1) is 0 Å². The molecule has 0 spiro atoms. The zero-order valence-electron chi connectivity index (χ0n) is 13.6. The number of rotatable bonds is 8. The summed E-state index contributed by atoms with van der Waals surface area (Å²) in [5.74, 6) is 2.49. The van der Waals surface area contributed by atoms with Crippen molar-refractivity contribution in [2.45, 2.75) is 52.1 Å². The first kappa shape index (κ1) is 16.7. The van der Waals surface area contributed by atoms with Crippen LogP contribution in [-0.2, 0) is 6.54 Å². The molecular weight excluding hydrogens is 276 g/mol. The van der Waals surface area contributed by atoms with Crippen LogP contribution in [0.5, 0.6) is 0 Å². The molecule has 0 radical (unpaired) electrons. The third kappa shape index (κ3) is 5.91. The van der Waals surface area contributed by atoms with Gasteiger partial charge in [-0.25, -0.2) is 0 Å². The lowest BCUT2D eigenvalue weighted by Crippen LogP contribution is -2.29. The van der Waals surface area contributed by atoms with E-state index >= 15 is 0 Å². The Balaban J connectivity index is 1.74. The van der Waals surface area contributed by atoms with E-state index in [1.54, 1.807) is 0 Å².